The number of hydrogen-bond acceptors (Lipinski definition) is 3. The minimum absolute atomic E-state index is 0. The molecule has 0 aromatic carbocycles. The van der Waals surface area contributed by atoms with Crippen molar-refractivity contribution >= 4 is 35.6 Å². The van der Waals surface area contributed by atoms with Crippen LogP contribution in [0.15, 0.2) is 29.4 Å². The number of fused-ring (bicyclic) bond motifs is 1. The fourth-order valence-corrected chi connectivity index (χ4v) is 2.31. The lowest BCUT2D eigenvalue weighted by atomic mass is 10.0. The molecule has 0 aliphatic rings. The van der Waals surface area contributed by atoms with Crippen molar-refractivity contribution in [3.05, 3.63) is 30.2 Å². The van der Waals surface area contributed by atoms with E-state index in [9.17, 15) is 0 Å². The van der Waals surface area contributed by atoms with Gasteiger partial charge in [0.2, 0.25) is 0 Å². The number of nitrogens with one attached hydrogen (secondary N) is 2. The van der Waals surface area contributed by atoms with Crippen LogP contribution in [0.4, 0.5) is 0 Å². The summed E-state index contributed by atoms with van der Waals surface area (Å²) in [7, 11) is 0. The first kappa shape index (κ1) is 19.7. The van der Waals surface area contributed by atoms with Crippen LogP contribution in [0.5, 0.6) is 0 Å². The largest absolute Gasteiger partial charge is 0.357 e. The fraction of sp³-hybridized carbons (Fsp3) is 0.562. The number of pyridine rings is 1. The number of halogens is 1. The van der Waals surface area contributed by atoms with Crippen LogP contribution in [-0.2, 0) is 6.54 Å². The van der Waals surface area contributed by atoms with E-state index in [4.69, 9.17) is 0 Å². The summed E-state index contributed by atoms with van der Waals surface area (Å²) in [5.74, 6) is 2.36. The molecule has 0 unspecified atom stereocenters. The minimum Gasteiger partial charge on any atom is -0.357 e. The maximum atomic E-state index is 4.62. The van der Waals surface area contributed by atoms with E-state index in [-0.39, 0.29) is 24.0 Å². The lowest BCUT2D eigenvalue weighted by molar-refractivity contribution is 0.481. The maximum Gasteiger partial charge on any atom is 0.191 e. The second kappa shape index (κ2) is 10.4. The summed E-state index contributed by atoms with van der Waals surface area (Å²) in [6.45, 7) is 8.81. The SMILES string of the molecule is CCNC(=NCc1nnc2ccccn12)NCC(CC)CC.I. The van der Waals surface area contributed by atoms with Gasteiger partial charge in [-0.2, -0.15) is 0 Å². The first-order chi connectivity index (χ1) is 10.8. The van der Waals surface area contributed by atoms with Crippen LogP contribution < -0.4 is 10.6 Å². The van der Waals surface area contributed by atoms with E-state index in [0.29, 0.717) is 12.5 Å². The Morgan fingerprint density at radius 3 is 2.65 bits per heavy atom. The summed E-state index contributed by atoms with van der Waals surface area (Å²) >= 11 is 0. The van der Waals surface area contributed by atoms with Gasteiger partial charge in [0.05, 0.1) is 0 Å². The van der Waals surface area contributed by atoms with E-state index < -0.39 is 0 Å². The molecule has 23 heavy (non-hydrogen) atoms. The van der Waals surface area contributed by atoms with Crippen molar-refractivity contribution in [1.29, 1.82) is 0 Å². The Kier molecular flexibility index (Phi) is 8.90. The van der Waals surface area contributed by atoms with Gasteiger partial charge in [-0.15, -0.1) is 34.2 Å². The average molecular weight is 430 g/mol. The van der Waals surface area contributed by atoms with Gasteiger partial charge in [-0.25, -0.2) is 4.99 Å². The molecule has 6 nitrogen and oxygen atoms in total. The summed E-state index contributed by atoms with van der Waals surface area (Å²) in [5, 5.41) is 15.0. The fourth-order valence-electron chi connectivity index (χ4n) is 2.31. The zero-order valence-electron chi connectivity index (χ0n) is 14.1. The van der Waals surface area contributed by atoms with E-state index in [2.05, 4.69) is 46.6 Å². The predicted molar refractivity (Wildman–Crippen MR) is 105 cm³/mol. The van der Waals surface area contributed by atoms with Crippen LogP contribution in [0.1, 0.15) is 39.4 Å². The monoisotopic (exact) mass is 430 g/mol. The van der Waals surface area contributed by atoms with Gasteiger partial charge in [-0.3, -0.25) is 4.40 Å². The molecule has 0 spiro atoms. The zero-order chi connectivity index (χ0) is 15.8. The zero-order valence-corrected chi connectivity index (χ0v) is 16.4. The molecule has 0 aliphatic carbocycles. The Labute approximate surface area is 155 Å². The first-order valence-corrected chi connectivity index (χ1v) is 8.09. The van der Waals surface area contributed by atoms with Gasteiger partial charge in [0, 0.05) is 19.3 Å². The Hall–Kier alpha value is -1.38. The number of guanidine groups is 1. The Balaban J connectivity index is 0.00000264. The highest BCUT2D eigenvalue weighted by molar-refractivity contribution is 14.0. The quantitative estimate of drug-likeness (QED) is 0.403. The molecule has 2 rings (SSSR count). The van der Waals surface area contributed by atoms with Crippen LogP contribution in [0, 0.1) is 5.92 Å². The summed E-state index contributed by atoms with van der Waals surface area (Å²) < 4.78 is 1.97. The maximum absolute atomic E-state index is 4.62. The minimum atomic E-state index is 0. The van der Waals surface area contributed by atoms with E-state index >= 15 is 0 Å². The number of nitrogens with zero attached hydrogens (tertiary/aromatic N) is 4. The van der Waals surface area contributed by atoms with E-state index in [1.54, 1.807) is 0 Å². The van der Waals surface area contributed by atoms with Gasteiger partial charge in [0.1, 0.15) is 6.54 Å². The standard InChI is InChI=1S/C16H26N6.HI/c1-4-13(5-2)11-18-16(17-6-3)19-12-15-21-20-14-9-7-8-10-22(14)15;/h7-10,13H,4-6,11-12H2,1-3H3,(H2,17,18,19);1H. The highest BCUT2D eigenvalue weighted by Gasteiger charge is 2.07. The number of hydrogen-bond donors (Lipinski definition) is 2. The van der Waals surface area contributed by atoms with Crippen molar-refractivity contribution in [2.24, 2.45) is 10.9 Å². The third-order valence-electron chi connectivity index (χ3n) is 3.82. The van der Waals surface area contributed by atoms with Crippen LogP contribution in [0.25, 0.3) is 5.65 Å². The van der Waals surface area contributed by atoms with Crippen molar-refractivity contribution < 1.29 is 0 Å². The van der Waals surface area contributed by atoms with E-state index in [1.807, 2.05) is 28.8 Å². The van der Waals surface area contributed by atoms with Gasteiger partial charge in [-0.05, 0) is 25.0 Å². The molecule has 7 heteroatoms. The Bertz CT molecular complexity index is 605. The van der Waals surface area contributed by atoms with Crippen LogP contribution in [0.2, 0.25) is 0 Å². The van der Waals surface area contributed by atoms with E-state index in [1.165, 1.54) is 12.8 Å². The molecule has 0 fully saturated rings. The van der Waals surface area contributed by atoms with Gasteiger partial charge >= 0.3 is 0 Å². The molecule has 2 aromatic rings. The van der Waals surface area contributed by atoms with Gasteiger partial charge in [-0.1, -0.05) is 32.8 Å². The van der Waals surface area contributed by atoms with Crippen LogP contribution >= 0.6 is 24.0 Å². The normalized spacial score (nSPS) is 11.6. The molecule has 2 N–H and O–H groups in total. The first-order valence-electron chi connectivity index (χ1n) is 8.09. The lowest BCUT2D eigenvalue weighted by Gasteiger charge is -2.16. The van der Waals surface area contributed by atoms with E-state index in [0.717, 1.165) is 30.5 Å². The highest BCUT2D eigenvalue weighted by atomic mass is 127. The summed E-state index contributed by atoms with van der Waals surface area (Å²) in [5.41, 5.74) is 0.850. The second-order valence-electron chi connectivity index (χ2n) is 5.30. The third-order valence-corrected chi connectivity index (χ3v) is 3.82. The Morgan fingerprint density at radius 1 is 1.17 bits per heavy atom. The summed E-state index contributed by atoms with van der Waals surface area (Å²) in [6.07, 6.45) is 4.32. The summed E-state index contributed by atoms with van der Waals surface area (Å²) in [6, 6.07) is 5.87. The van der Waals surface area contributed by atoms with Gasteiger partial charge in [0.15, 0.2) is 17.4 Å². The van der Waals surface area contributed by atoms with Crippen molar-refractivity contribution in [2.45, 2.75) is 40.2 Å². The molecule has 0 saturated carbocycles. The molecule has 0 aliphatic heterocycles. The van der Waals surface area contributed by atoms with Gasteiger partial charge in [0.25, 0.3) is 0 Å². The molecule has 0 saturated heterocycles. The smallest absolute Gasteiger partial charge is 0.191 e. The molecular formula is C16H27IN6. The molecule has 2 aromatic heterocycles. The molecule has 2 heterocycles. The van der Waals surface area contributed by atoms with Crippen molar-refractivity contribution in [2.75, 3.05) is 13.1 Å². The van der Waals surface area contributed by atoms with Crippen molar-refractivity contribution in [3.63, 3.8) is 0 Å². The highest BCUT2D eigenvalue weighted by Crippen LogP contribution is 2.06. The number of aliphatic imine (C=N–C) groups is 1. The average Bonchev–Trinajstić information content (AvgIpc) is 2.96. The predicted octanol–water partition coefficient (Wildman–Crippen LogP) is 2.84. The molecule has 128 valence electrons. The molecule has 0 radical (unpaired) electrons. The molecular weight excluding hydrogens is 403 g/mol. The lowest BCUT2D eigenvalue weighted by Crippen LogP contribution is -2.39. The number of aromatic nitrogens is 3. The molecule has 0 atom stereocenters. The summed E-state index contributed by atoms with van der Waals surface area (Å²) in [4.78, 5) is 4.62. The molecule has 0 bridgehead atoms. The number of rotatable bonds is 7. The topological polar surface area (TPSA) is 66.6 Å². The van der Waals surface area contributed by atoms with Crippen molar-refractivity contribution in [1.82, 2.24) is 25.2 Å². The molecule has 0 amide bonds. The van der Waals surface area contributed by atoms with Gasteiger partial charge < -0.3 is 10.6 Å². The Morgan fingerprint density at radius 2 is 1.96 bits per heavy atom. The second-order valence-corrected chi connectivity index (χ2v) is 5.30. The van der Waals surface area contributed by atoms with Crippen LogP contribution in [-0.4, -0.2) is 33.6 Å². The van der Waals surface area contributed by atoms with Crippen LogP contribution in [0.3, 0.4) is 0 Å². The third kappa shape index (κ3) is 5.63. The van der Waals surface area contributed by atoms with Crippen molar-refractivity contribution in [3.8, 4) is 0 Å².